The Hall–Kier alpha value is -1.91. The van der Waals surface area contributed by atoms with Crippen molar-refractivity contribution in [2.45, 2.75) is 52.1 Å². The summed E-state index contributed by atoms with van der Waals surface area (Å²) in [4.78, 5) is 24.0. The number of hydrogen-bond acceptors (Lipinski definition) is 3. The average molecular weight is 321 g/mol. The normalized spacial score (nSPS) is 16.7. The molecule has 0 aliphatic heterocycles. The number of amides is 1. The van der Waals surface area contributed by atoms with Crippen LogP contribution in [-0.2, 0) is 9.53 Å². The van der Waals surface area contributed by atoms with Gasteiger partial charge in [-0.1, -0.05) is 25.3 Å². The molecule has 1 aromatic rings. The summed E-state index contributed by atoms with van der Waals surface area (Å²) >= 11 is 0. The van der Waals surface area contributed by atoms with Gasteiger partial charge in [0.1, 0.15) is 5.82 Å². The van der Waals surface area contributed by atoms with Crippen molar-refractivity contribution in [1.82, 2.24) is 5.32 Å². The van der Waals surface area contributed by atoms with E-state index < -0.39 is 17.9 Å². The molecular formula is C18H24FNO3. The predicted molar refractivity (Wildman–Crippen MR) is 85.6 cm³/mol. The maximum atomic E-state index is 13.5. The van der Waals surface area contributed by atoms with E-state index in [0.29, 0.717) is 18.0 Å². The van der Waals surface area contributed by atoms with E-state index in [4.69, 9.17) is 4.74 Å². The first-order chi connectivity index (χ1) is 11.0. The third kappa shape index (κ3) is 5.05. The van der Waals surface area contributed by atoms with E-state index >= 15 is 0 Å². The summed E-state index contributed by atoms with van der Waals surface area (Å²) in [5.41, 5.74) is 0.569. The van der Waals surface area contributed by atoms with Crippen molar-refractivity contribution >= 4 is 11.9 Å². The SMILES string of the molecule is Cc1ccc(C(=O)O[C@H](C)C(=O)NCC2CCCCC2)cc1F. The summed E-state index contributed by atoms with van der Waals surface area (Å²) in [6.07, 6.45) is 5.07. The van der Waals surface area contributed by atoms with Crippen LogP contribution in [0.4, 0.5) is 4.39 Å². The van der Waals surface area contributed by atoms with Crippen LogP contribution in [0.5, 0.6) is 0 Å². The number of carbonyl (C=O) groups excluding carboxylic acids is 2. The molecule has 1 amide bonds. The van der Waals surface area contributed by atoms with Gasteiger partial charge in [0.2, 0.25) is 0 Å². The van der Waals surface area contributed by atoms with Gasteiger partial charge in [0.25, 0.3) is 5.91 Å². The Morgan fingerprint density at radius 1 is 1.30 bits per heavy atom. The fourth-order valence-corrected chi connectivity index (χ4v) is 2.78. The van der Waals surface area contributed by atoms with Crippen LogP contribution < -0.4 is 5.32 Å². The number of hydrogen-bond donors (Lipinski definition) is 1. The summed E-state index contributed by atoms with van der Waals surface area (Å²) in [5, 5.41) is 2.84. The second kappa shape index (κ2) is 8.09. The minimum absolute atomic E-state index is 0.111. The average Bonchev–Trinajstić information content (AvgIpc) is 2.55. The quantitative estimate of drug-likeness (QED) is 0.846. The third-order valence-electron chi connectivity index (χ3n) is 4.35. The van der Waals surface area contributed by atoms with E-state index in [2.05, 4.69) is 5.32 Å². The van der Waals surface area contributed by atoms with Gasteiger partial charge in [-0.05, 0) is 50.3 Å². The van der Waals surface area contributed by atoms with Crippen molar-refractivity contribution < 1.29 is 18.7 Å². The number of esters is 1. The van der Waals surface area contributed by atoms with E-state index in [1.165, 1.54) is 38.3 Å². The fourth-order valence-electron chi connectivity index (χ4n) is 2.78. The molecule has 1 aliphatic rings. The number of halogens is 1. The highest BCUT2D eigenvalue weighted by Gasteiger charge is 2.21. The molecule has 0 unspecified atom stereocenters. The number of benzene rings is 1. The first-order valence-corrected chi connectivity index (χ1v) is 8.22. The van der Waals surface area contributed by atoms with Gasteiger partial charge in [0.05, 0.1) is 5.56 Å². The molecule has 0 saturated heterocycles. The lowest BCUT2D eigenvalue weighted by Crippen LogP contribution is -2.38. The monoisotopic (exact) mass is 321 g/mol. The molecule has 0 heterocycles. The first-order valence-electron chi connectivity index (χ1n) is 8.22. The van der Waals surface area contributed by atoms with Gasteiger partial charge in [0.15, 0.2) is 6.10 Å². The molecule has 0 spiro atoms. The molecule has 1 aromatic carbocycles. The zero-order valence-corrected chi connectivity index (χ0v) is 13.7. The van der Waals surface area contributed by atoms with Crippen LogP contribution in [-0.4, -0.2) is 24.5 Å². The van der Waals surface area contributed by atoms with Crippen LogP contribution in [0.2, 0.25) is 0 Å². The molecule has 23 heavy (non-hydrogen) atoms. The summed E-state index contributed by atoms with van der Waals surface area (Å²) in [6, 6.07) is 4.14. The number of ether oxygens (including phenoxy) is 1. The van der Waals surface area contributed by atoms with Gasteiger partial charge < -0.3 is 10.1 Å². The molecule has 1 atom stereocenters. The highest BCUT2D eigenvalue weighted by Crippen LogP contribution is 2.22. The topological polar surface area (TPSA) is 55.4 Å². The number of rotatable bonds is 5. The molecule has 0 bridgehead atoms. The second-order valence-corrected chi connectivity index (χ2v) is 6.26. The molecule has 0 radical (unpaired) electrons. The third-order valence-corrected chi connectivity index (χ3v) is 4.35. The maximum Gasteiger partial charge on any atom is 0.339 e. The highest BCUT2D eigenvalue weighted by atomic mass is 19.1. The van der Waals surface area contributed by atoms with E-state index in [9.17, 15) is 14.0 Å². The summed E-state index contributed by atoms with van der Waals surface area (Å²) in [7, 11) is 0. The zero-order valence-electron chi connectivity index (χ0n) is 13.7. The van der Waals surface area contributed by atoms with Crippen molar-refractivity contribution in [2.24, 2.45) is 5.92 Å². The van der Waals surface area contributed by atoms with E-state index in [1.54, 1.807) is 6.92 Å². The van der Waals surface area contributed by atoms with Gasteiger partial charge in [-0.15, -0.1) is 0 Å². The Morgan fingerprint density at radius 2 is 2.00 bits per heavy atom. The van der Waals surface area contributed by atoms with Crippen molar-refractivity contribution in [3.63, 3.8) is 0 Å². The van der Waals surface area contributed by atoms with Gasteiger partial charge in [-0.3, -0.25) is 4.79 Å². The Balaban J connectivity index is 1.82. The zero-order chi connectivity index (χ0) is 16.8. The highest BCUT2D eigenvalue weighted by molar-refractivity contribution is 5.92. The van der Waals surface area contributed by atoms with E-state index in [-0.39, 0.29) is 11.5 Å². The molecule has 1 aliphatic carbocycles. The molecule has 126 valence electrons. The minimum atomic E-state index is -0.893. The van der Waals surface area contributed by atoms with Crippen molar-refractivity contribution in [3.05, 3.63) is 35.1 Å². The smallest absolute Gasteiger partial charge is 0.339 e. The summed E-state index contributed by atoms with van der Waals surface area (Å²) < 4.78 is 18.6. The Morgan fingerprint density at radius 3 is 2.65 bits per heavy atom. The standard InChI is InChI=1S/C18H24FNO3/c1-12-8-9-15(10-16(12)19)18(22)23-13(2)17(21)20-11-14-6-4-3-5-7-14/h8-10,13-14H,3-7,11H2,1-2H3,(H,20,21)/t13-/m1/s1. The molecule has 2 rings (SSSR count). The van der Waals surface area contributed by atoms with Crippen molar-refractivity contribution in [2.75, 3.05) is 6.54 Å². The first kappa shape index (κ1) is 17.4. The maximum absolute atomic E-state index is 13.5. The predicted octanol–water partition coefficient (Wildman–Crippen LogP) is 3.38. The molecular weight excluding hydrogens is 297 g/mol. The van der Waals surface area contributed by atoms with Gasteiger partial charge in [0, 0.05) is 6.54 Å². The molecule has 5 heteroatoms. The van der Waals surface area contributed by atoms with Crippen LogP contribution in [0.3, 0.4) is 0 Å². The van der Waals surface area contributed by atoms with Crippen LogP contribution >= 0.6 is 0 Å². The Kier molecular flexibility index (Phi) is 6.13. The van der Waals surface area contributed by atoms with E-state index in [1.807, 2.05) is 0 Å². The van der Waals surface area contributed by atoms with Gasteiger partial charge in [-0.2, -0.15) is 0 Å². The summed E-state index contributed by atoms with van der Waals surface area (Å²) in [6.45, 7) is 3.77. The minimum Gasteiger partial charge on any atom is -0.449 e. The molecule has 4 nitrogen and oxygen atoms in total. The largest absolute Gasteiger partial charge is 0.449 e. The number of aryl methyl sites for hydroxylation is 1. The van der Waals surface area contributed by atoms with Crippen LogP contribution in [0.15, 0.2) is 18.2 Å². The number of carbonyl (C=O) groups is 2. The lowest BCUT2D eigenvalue weighted by atomic mass is 9.89. The Labute approximate surface area is 136 Å². The molecule has 1 N–H and O–H groups in total. The molecule has 1 fully saturated rings. The lowest BCUT2D eigenvalue weighted by molar-refractivity contribution is -0.129. The lowest BCUT2D eigenvalue weighted by Gasteiger charge is -2.22. The molecule has 0 aromatic heterocycles. The summed E-state index contributed by atoms with van der Waals surface area (Å²) in [5.74, 6) is -0.948. The van der Waals surface area contributed by atoms with Crippen molar-refractivity contribution in [1.29, 1.82) is 0 Å². The van der Waals surface area contributed by atoms with Crippen LogP contribution in [0.1, 0.15) is 54.9 Å². The van der Waals surface area contributed by atoms with Crippen molar-refractivity contribution in [3.8, 4) is 0 Å². The van der Waals surface area contributed by atoms with E-state index in [0.717, 1.165) is 18.9 Å². The van der Waals surface area contributed by atoms with Crippen LogP contribution in [0.25, 0.3) is 0 Å². The Bertz CT molecular complexity index is 567. The van der Waals surface area contributed by atoms with Gasteiger partial charge in [-0.25, -0.2) is 9.18 Å². The van der Waals surface area contributed by atoms with Gasteiger partial charge >= 0.3 is 5.97 Å². The number of nitrogens with one attached hydrogen (secondary N) is 1. The fraction of sp³-hybridized carbons (Fsp3) is 0.556. The van der Waals surface area contributed by atoms with Crippen LogP contribution in [0, 0.1) is 18.7 Å². The second-order valence-electron chi connectivity index (χ2n) is 6.26. The molecule has 1 saturated carbocycles.